The molecule has 0 amide bonds. The molecule has 1 N–H and O–H groups in total. The molecule has 1 rings (SSSR count). The average molecular weight is 307 g/mol. The summed E-state index contributed by atoms with van der Waals surface area (Å²) in [5, 5.41) is 0.903. The maximum atomic E-state index is 11.1. The Morgan fingerprint density at radius 1 is 1.31 bits per heavy atom. The zero-order chi connectivity index (χ0) is 12.2. The second kappa shape index (κ2) is 5.80. The first-order valence-corrected chi connectivity index (χ1v) is 7.64. The van der Waals surface area contributed by atoms with Gasteiger partial charge in [0, 0.05) is 5.33 Å². The van der Waals surface area contributed by atoms with Crippen molar-refractivity contribution in [2.45, 2.75) is 31.1 Å². The van der Waals surface area contributed by atoms with E-state index in [1.165, 1.54) is 6.07 Å². The number of halogens is 1. The molecule has 0 spiro atoms. The molecule has 0 atom stereocenters. The maximum Gasteiger partial charge on any atom is 0.294 e. The van der Waals surface area contributed by atoms with Crippen molar-refractivity contribution in [1.29, 1.82) is 0 Å². The normalized spacial score (nSPS) is 11.7. The van der Waals surface area contributed by atoms with Crippen molar-refractivity contribution in [2.24, 2.45) is 0 Å². The minimum absolute atomic E-state index is 0.0349. The summed E-state index contributed by atoms with van der Waals surface area (Å²) in [7, 11) is -4.10. The minimum Gasteiger partial charge on any atom is -0.282 e. The largest absolute Gasteiger partial charge is 0.294 e. The molecule has 1 aromatic rings. The van der Waals surface area contributed by atoms with Gasteiger partial charge in [0.25, 0.3) is 10.1 Å². The van der Waals surface area contributed by atoms with Crippen molar-refractivity contribution in [3.8, 4) is 0 Å². The number of alkyl halides is 1. The SMILES string of the molecule is Cc1ccc(S(=O)(=O)O)c(CCCCBr)c1. The van der Waals surface area contributed by atoms with Crippen LogP contribution in [0.4, 0.5) is 0 Å². The lowest BCUT2D eigenvalue weighted by atomic mass is 10.1. The lowest BCUT2D eigenvalue weighted by Crippen LogP contribution is -2.03. The first-order valence-electron chi connectivity index (χ1n) is 5.08. The Morgan fingerprint density at radius 3 is 2.56 bits per heavy atom. The highest BCUT2D eigenvalue weighted by atomic mass is 79.9. The molecule has 16 heavy (non-hydrogen) atoms. The van der Waals surface area contributed by atoms with Gasteiger partial charge in [0.05, 0.1) is 4.90 Å². The lowest BCUT2D eigenvalue weighted by molar-refractivity contribution is 0.482. The Hall–Kier alpha value is -0.390. The monoisotopic (exact) mass is 306 g/mol. The van der Waals surface area contributed by atoms with Crippen LogP contribution in [0, 0.1) is 6.92 Å². The summed E-state index contributed by atoms with van der Waals surface area (Å²) in [6.45, 7) is 1.90. The molecule has 0 aliphatic carbocycles. The molecule has 0 aromatic heterocycles. The molecule has 0 fully saturated rings. The van der Waals surface area contributed by atoms with E-state index in [9.17, 15) is 8.42 Å². The third kappa shape index (κ3) is 3.88. The lowest BCUT2D eigenvalue weighted by Gasteiger charge is -2.07. The van der Waals surface area contributed by atoms with Gasteiger partial charge in [-0.25, -0.2) is 0 Å². The van der Waals surface area contributed by atoms with Gasteiger partial charge >= 0.3 is 0 Å². The molecule has 0 saturated carbocycles. The molecule has 3 nitrogen and oxygen atoms in total. The summed E-state index contributed by atoms with van der Waals surface area (Å²) in [5.41, 5.74) is 1.70. The van der Waals surface area contributed by atoms with E-state index in [1.807, 2.05) is 13.0 Å². The summed E-state index contributed by atoms with van der Waals surface area (Å²) >= 11 is 3.33. The highest BCUT2D eigenvalue weighted by molar-refractivity contribution is 9.09. The van der Waals surface area contributed by atoms with Crippen LogP contribution in [-0.2, 0) is 16.5 Å². The van der Waals surface area contributed by atoms with Crippen molar-refractivity contribution in [3.63, 3.8) is 0 Å². The van der Waals surface area contributed by atoms with Gasteiger partial charge in [0.15, 0.2) is 0 Å². The Bertz CT molecular complexity index is 454. The van der Waals surface area contributed by atoms with Gasteiger partial charge in [-0.15, -0.1) is 0 Å². The molecule has 0 aliphatic rings. The standard InChI is InChI=1S/C11H15BrO3S/c1-9-5-6-11(16(13,14)15)10(8-9)4-2-3-7-12/h5-6,8H,2-4,7H2,1H3,(H,13,14,15). The van der Waals surface area contributed by atoms with Gasteiger partial charge in [-0.1, -0.05) is 33.6 Å². The number of aryl methyl sites for hydroxylation is 2. The smallest absolute Gasteiger partial charge is 0.282 e. The molecule has 90 valence electrons. The van der Waals surface area contributed by atoms with E-state index in [0.29, 0.717) is 12.0 Å². The van der Waals surface area contributed by atoms with Crippen LogP contribution >= 0.6 is 15.9 Å². The van der Waals surface area contributed by atoms with E-state index >= 15 is 0 Å². The molecule has 5 heteroatoms. The number of rotatable bonds is 5. The van der Waals surface area contributed by atoms with Crippen LogP contribution in [0.1, 0.15) is 24.0 Å². The summed E-state index contributed by atoms with van der Waals surface area (Å²) in [4.78, 5) is 0.0349. The van der Waals surface area contributed by atoms with Crippen LogP contribution in [-0.4, -0.2) is 18.3 Å². The zero-order valence-corrected chi connectivity index (χ0v) is 11.5. The highest BCUT2D eigenvalue weighted by Crippen LogP contribution is 2.19. The van der Waals surface area contributed by atoms with Crippen LogP contribution in [0.2, 0.25) is 0 Å². The molecule has 0 unspecified atom stereocenters. The topological polar surface area (TPSA) is 54.4 Å². The maximum absolute atomic E-state index is 11.1. The van der Waals surface area contributed by atoms with E-state index in [0.717, 1.165) is 23.7 Å². The van der Waals surface area contributed by atoms with Crippen molar-refractivity contribution in [3.05, 3.63) is 29.3 Å². The van der Waals surface area contributed by atoms with Crippen LogP contribution in [0.25, 0.3) is 0 Å². The summed E-state index contributed by atoms with van der Waals surface area (Å²) in [5.74, 6) is 0. The van der Waals surface area contributed by atoms with E-state index in [1.54, 1.807) is 6.07 Å². The summed E-state index contributed by atoms with van der Waals surface area (Å²) in [6, 6.07) is 4.97. The average Bonchev–Trinajstić information content (AvgIpc) is 2.16. The van der Waals surface area contributed by atoms with E-state index < -0.39 is 10.1 Å². The number of unbranched alkanes of at least 4 members (excludes halogenated alkanes) is 1. The van der Waals surface area contributed by atoms with Gasteiger partial charge in [-0.2, -0.15) is 8.42 Å². The fourth-order valence-electron chi connectivity index (χ4n) is 1.57. The van der Waals surface area contributed by atoms with Crippen LogP contribution in [0.5, 0.6) is 0 Å². The van der Waals surface area contributed by atoms with Crippen molar-refractivity contribution in [1.82, 2.24) is 0 Å². The van der Waals surface area contributed by atoms with Crippen LogP contribution in [0.15, 0.2) is 23.1 Å². The third-order valence-corrected chi connectivity index (χ3v) is 3.84. The fraction of sp³-hybridized carbons (Fsp3) is 0.455. The second-order valence-corrected chi connectivity index (χ2v) is 5.92. The Labute approximate surface area is 105 Å². The van der Waals surface area contributed by atoms with Crippen LogP contribution in [0.3, 0.4) is 0 Å². The van der Waals surface area contributed by atoms with Gasteiger partial charge in [0.2, 0.25) is 0 Å². The second-order valence-electron chi connectivity index (χ2n) is 3.73. The molecule has 0 heterocycles. The fourth-order valence-corrected chi connectivity index (χ4v) is 2.69. The molecule has 0 radical (unpaired) electrons. The van der Waals surface area contributed by atoms with Gasteiger partial charge in [-0.3, -0.25) is 4.55 Å². The molecule has 0 bridgehead atoms. The first kappa shape index (κ1) is 13.7. The minimum atomic E-state index is -4.10. The van der Waals surface area contributed by atoms with Crippen molar-refractivity contribution >= 4 is 26.0 Å². The predicted molar refractivity (Wildman–Crippen MR) is 67.7 cm³/mol. The number of benzene rings is 1. The van der Waals surface area contributed by atoms with Gasteiger partial charge in [-0.05, 0) is 37.8 Å². The predicted octanol–water partition coefficient (Wildman–Crippen LogP) is 2.96. The molecule has 0 saturated heterocycles. The Balaban J connectivity index is 3.00. The number of hydrogen-bond acceptors (Lipinski definition) is 2. The molecular weight excluding hydrogens is 292 g/mol. The molecule has 0 aliphatic heterocycles. The van der Waals surface area contributed by atoms with E-state index in [4.69, 9.17) is 4.55 Å². The third-order valence-electron chi connectivity index (χ3n) is 2.32. The van der Waals surface area contributed by atoms with Crippen molar-refractivity contribution in [2.75, 3.05) is 5.33 Å². The summed E-state index contributed by atoms with van der Waals surface area (Å²) < 4.78 is 31.4. The Morgan fingerprint density at radius 2 is 2.00 bits per heavy atom. The van der Waals surface area contributed by atoms with Crippen LogP contribution < -0.4 is 0 Å². The van der Waals surface area contributed by atoms with Gasteiger partial charge < -0.3 is 0 Å². The number of hydrogen-bond donors (Lipinski definition) is 1. The van der Waals surface area contributed by atoms with E-state index in [-0.39, 0.29) is 4.90 Å². The first-order chi connectivity index (χ1) is 7.45. The quantitative estimate of drug-likeness (QED) is 0.517. The highest BCUT2D eigenvalue weighted by Gasteiger charge is 2.14. The van der Waals surface area contributed by atoms with Crippen molar-refractivity contribution < 1.29 is 13.0 Å². The summed E-state index contributed by atoms with van der Waals surface area (Å²) in [6.07, 6.45) is 2.55. The molecular formula is C11H15BrO3S. The van der Waals surface area contributed by atoms with E-state index in [2.05, 4.69) is 15.9 Å². The Kier molecular flexibility index (Phi) is 4.95. The zero-order valence-electron chi connectivity index (χ0n) is 9.11. The van der Waals surface area contributed by atoms with Gasteiger partial charge in [0.1, 0.15) is 0 Å². The molecule has 1 aromatic carbocycles.